The Morgan fingerprint density at radius 2 is 2.17 bits per heavy atom. The third kappa shape index (κ3) is 3.38. The molecular formula is C16H22ClN5O2. The van der Waals surface area contributed by atoms with E-state index in [9.17, 15) is 4.79 Å². The number of likely N-dealkylation sites (N-methyl/N-ethyl adjacent to an activating group) is 1. The van der Waals surface area contributed by atoms with Crippen LogP contribution in [0.3, 0.4) is 0 Å². The van der Waals surface area contributed by atoms with E-state index in [4.69, 9.17) is 16.3 Å². The first-order chi connectivity index (χ1) is 11.5. The topological polar surface area (TPSA) is 63.0 Å². The van der Waals surface area contributed by atoms with E-state index in [1.165, 1.54) is 0 Å². The molecule has 0 aliphatic carbocycles. The first-order valence-electron chi connectivity index (χ1n) is 8.05. The molecule has 0 unspecified atom stereocenters. The summed E-state index contributed by atoms with van der Waals surface area (Å²) in [5, 5.41) is 4.61. The van der Waals surface area contributed by atoms with Gasteiger partial charge in [0, 0.05) is 45.1 Å². The van der Waals surface area contributed by atoms with Crippen LogP contribution in [0.4, 0.5) is 0 Å². The summed E-state index contributed by atoms with van der Waals surface area (Å²) < 4.78 is 6.93. The molecule has 1 aliphatic rings. The first-order valence-corrected chi connectivity index (χ1v) is 8.43. The minimum absolute atomic E-state index is 0.191. The zero-order valence-electron chi connectivity index (χ0n) is 14.2. The molecule has 0 radical (unpaired) electrons. The van der Waals surface area contributed by atoms with Gasteiger partial charge in [-0.1, -0.05) is 11.6 Å². The van der Waals surface area contributed by atoms with Crippen LogP contribution in [0.1, 0.15) is 23.0 Å². The van der Waals surface area contributed by atoms with Gasteiger partial charge in [0.05, 0.1) is 13.2 Å². The van der Waals surface area contributed by atoms with Gasteiger partial charge in [-0.3, -0.25) is 9.69 Å². The van der Waals surface area contributed by atoms with E-state index >= 15 is 0 Å². The number of aromatic nitrogens is 3. The number of nitrogens with zero attached hydrogens (tertiary/aromatic N) is 5. The fourth-order valence-electron chi connectivity index (χ4n) is 2.93. The summed E-state index contributed by atoms with van der Waals surface area (Å²) in [5.74, 6) is -0.191. The lowest BCUT2D eigenvalue weighted by Gasteiger charge is -2.34. The maximum absolute atomic E-state index is 12.7. The van der Waals surface area contributed by atoms with Crippen molar-refractivity contribution in [2.75, 3.05) is 39.9 Å². The molecule has 1 saturated heterocycles. The largest absolute Gasteiger partial charge is 0.379 e. The number of morpholine rings is 1. The highest BCUT2D eigenvalue weighted by atomic mass is 35.5. The Labute approximate surface area is 146 Å². The van der Waals surface area contributed by atoms with E-state index in [0.717, 1.165) is 31.9 Å². The number of rotatable bonds is 4. The molecule has 2 aromatic heterocycles. The molecule has 3 rings (SSSR count). The molecule has 130 valence electrons. The predicted octanol–water partition coefficient (Wildman–Crippen LogP) is 1.48. The highest BCUT2D eigenvalue weighted by Crippen LogP contribution is 2.21. The van der Waals surface area contributed by atoms with Crippen molar-refractivity contribution < 1.29 is 9.53 Å². The normalized spacial score (nSPS) is 17.2. The number of aryl methyl sites for hydroxylation is 1. The molecule has 0 bridgehead atoms. The maximum Gasteiger partial charge on any atom is 0.275 e. The number of amides is 1. The van der Waals surface area contributed by atoms with Crippen LogP contribution in [-0.2, 0) is 4.74 Å². The van der Waals surface area contributed by atoms with Crippen molar-refractivity contribution in [1.29, 1.82) is 0 Å². The van der Waals surface area contributed by atoms with Crippen LogP contribution in [0.2, 0.25) is 5.02 Å². The Bertz CT molecular complexity index is 741. The molecule has 8 heteroatoms. The lowest BCUT2D eigenvalue weighted by molar-refractivity contribution is 0.0142. The van der Waals surface area contributed by atoms with Crippen molar-refractivity contribution in [2.24, 2.45) is 0 Å². The molecule has 2 aromatic rings. The second-order valence-electron chi connectivity index (χ2n) is 6.25. The Morgan fingerprint density at radius 1 is 1.46 bits per heavy atom. The quantitative estimate of drug-likeness (QED) is 0.835. The molecule has 3 heterocycles. The zero-order chi connectivity index (χ0) is 17.3. The highest BCUT2D eigenvalue weighted by Gasteiger charge is 2.25. The SMILES string of the molecule is Cc1cnc2c(Cl)c(C(=O)N(C)C[C@H](C)N3CCOCC3)nn2c1. The molecule has 1 fully saturated rings. The molecule has 0 aromatic carbocycles. The third-order valence-electron chi connectivity index (χ3n) is 4.30. The molecule has 1 atom stereocenters. The summed E-state index contributed by atoms with van der Waals surface area (Å²) in [6.45, 7) is 7.90. The van der Waals surface area contributed by atoms with Gasteiger partial charge in [-0.25, -0.2) is 9.50 Å². The van der Waals surface area contributed by atoms with Crippen LogP contribution in [0.5, 0.6) is 0 Å². The minimum atomic E-state index is -0.191. The summed E-state index contributed by atoms with van der Waals surface area (Å²) in [6.07, 6.45) is 3.52. The van der Waals surface area contributed by atoms with Crippen molar-refractivity contribution in [3.8, 4) is 0 Å². The second kappa shape index (κ2) is 7.04. The average Bonchev–Trinajstić information content (AvgIpc) is 2.90. The fourth-order valence-corrected chi connectivity index (χ4v) is 3.18. The summed E-state index contributed by atoms with van der Waals surface area (Å²) in [5.41, 5.74) is 1.70. The monoisotopic (exact) mass is 351 g/mol. The zero-order valence-corrected chi connectivity index (χ0v) is 15.0. The van der Waals surface area contributed by atoms with E-state index in [-0.39, 0.29) is 17.6 Å². The number of fused-ring (bicyclic) bond motifs is 1. The van der Waals surface area contributed by atoms with Gasteiger partial charge in [0.1, 0.15) is 5.02 Å². The van der Waals surface area contributed by atoms with E-state index in [0.29, 0.717) is 17.2 Å². The summed E-state index contributed by atoms with van der Waals surface area (Å²) in [7, 11) is 1.78. The Hall–Kier alpha value is -1.70. The maximum atomic E-state index is 12.7. The van der Waals surface area contributed by atoms with Gasteiger partial charge in [0.2, 0.25) is 0 Å². The number of hydrogen-bond acceptors (Lipinski definition) is 5. The first kappa shape index (κ1) is 17.1. The van der Waals surface area contributed by atoms with Gasteiger partial charge in [0.25, 0.3) is 5.91 Å². The van der Waals surface area contributed by atoms with E-state index < -0.39 is 0 Å². The average molecular weight is 352 g/mol. The molecular weight excluding hydrogens is 330 g/mol. The summed E-state index contributed by atoms with van der Waals surface area (Å²) in [6, 6.07) is 0.249. The highest BCUT2D eigenvalue weighted by molar-refractivity contribution is 6.36. The third-order valence-corrected chi connectivity index (χ3v) is 4.65. The van der Waals surface area contributed by atoms with Crippen molar-refractivity contribution in [2.45, 2.75) is 19.9 Å². The van der Waals surface area contributed by atoms with Gasteiger partial charge in [-0.2, -0.15) is 5.10 Å². The molecule has 0 saturated carbocycles. The van der Waals surface area contributed by atoms with Gasteiger partial charge in [-0.15, -0.1) is 0 Å². The van der Waals surface area contributed by atoms with Gasteiger partial charge in [-0.05, 0) is 19.4 Å². The van der Waals surface area contributed by atoms with Crippen molar-refractivity contribution >= 4 is 23.2 Å². The Kier molecular flexibility index (Phi) is 5.03. The van der Waals surface area contributed by atoms with Gasteiger partial charge in [0.15, 0.2) is 11.3 Å². The Morgan fingerprint density at radius 3 is 2.88 bits per heavy atom. The van der Waals surface area contributed by atoms with Crippen molar-refractivity contribution in [3.05, 3.63) is 28.7 Å². The van der Waals surface area contributed by atoms with Crippen LogP contribution in [-0.4, -0.2) is 76.2 Å². The smallest absolute Gasteiger partial charge is 0.275 e. The van der Waals surface area contributed by atoms with E-state index in [2.05, 4.69) is 21.9 Å². The van der Waals surface area contributed by atoms with Crippen LogP contribution >= 0.6 is 11.6 Å². The number of carbonyl (C=O) groups is 1. The Balaban J connectivity index is 1.74. The number of halogens is 1. The van der Waals surface area contributed by atoms with Gasteiger partial charge >= 0.3 is 0 Å². The van der Waals surface area contributed by atoms with Crippen LogP contribution in [0.15, 0.2) is 12.4 Å². The molecule has 7 nitrogen and oxygen atoms in total. The second-order valence-corrected chi connectivity index (χ2v) is 6.62. The number of carbonyl (C=O) groups excluding carboxylic acids is 1. The lowest BCUT2D eigenvalue weighted by Crippen LogP contribution is -2.47. The van der Waals surface area contributed by atoms with Crippen molar-refractivity contribution in [3.63, 3.8) is 0 Å². The van der Waals surface area contributed by atoms with Gasteiger partial charge < -0.3 is 9.64 Å². The van der Waals surface area contributed by atoms with Crippen LogP contribution < -0.4 is 0 Å². The molecule has 0 spiro atoms. The lowest BCUT2D eigenvalue weighted by atomic mass is 10.2. The molecule has 0 N–H and O–H groups in total. The summed E-state index contributed by atoms with van der Waals surface area (Å²) in [4.78, 5) is 21.0. The predicted molar refractivity (Wildman–Crippen MR) is 91.5 cm³/mol. The van der Waals surface area contributed by atoms with E-state index in [1.54, 1.807) is 28.9 Å². The fraction of sp³-hybridized carbons (Fsp3) is 0.562. The minimum Gasteiger partial charge on any atom is -0.379 e. The molecule has 1 amide bonds. The molecule has 24 heavy (non-hydrogen) atoms. The molecule has 1 aliphatic heterocycles. The van der Waals surface area contributed by atoms with Crippen LogP contribution in [0.25, 0.3) is 5.65 Å². The van der Waals surface area contributed by atoms with Crippen LogP contribution in [0, 0.1) is 6.92 Å². The summed E-state index contributed by atoms with van der Waals surface area (Å²) >= 11 is 6.31. The van der Waals surface area contributed by atoms with E-state index in [1.807, 2.05) is 6.92 Å². The number of ether oxygens (including phenoxy) is 1. The number of hydrogen-bond donors (Lipinski definition) is 0. The standard InChI is InChI=1S/C16H22ClN5O2/c1-11-8-18-15-13(17)14(19-22(15)9-11)16(23)20(3)10-12(2)21-4-6-24-7-5-21/h8-9,12H,4-7,10H2,1-3H3/t12-/m0/s1. The van der Waals surface area contributed by atoms with Crippen molar-refractivity contribution in [1.82, 2.24) is 24.4 Å².